The number of hydrogen-bond acceptors (Lipinski definition) is 6. The van der Waals surface area contributed by atoms with E-state index < -0.39 is 22.5 Å². The van der Waals surface area contributed by atoms with Gasteiger partial charge < -0.3 is 5.32 Å². The van der Waals surface area contributed by atoms with E-state index in [0.717, 1.165) is 4.31 Å². The molecule has 1 heterocycles. The number of likely N-dealkylation sites (N-methyl/N-ethyl adjacent to an activating group) is 1. The summed E-state index contributed by atoms with van der Waals surface area (Å²) in [6.45, 7) is -0.449. The Bertz CT molecular complexity index is 1250. The summed E-state index contributed by atoms with van der Waals surface area (Å²) < 4.78 is 26.3. The van der Waals surface area contributed by atoms with E-state index in [2.05, 4.69) is 10.3 Å². The Labute approximate surface area is 187 Å². The first-order valence-electron chi connectivity index (χ1n) is 8.38. The highest BCUT2D eigenvalue weighted by Gasteiger charge is 2.26. The summed E-state index contributed by atoms with van der Waals surface area (Å²) in [6, 6.07) is 12.6. The van der Waals surface area contributed by atoms with Crippen LogP contribution in [-0.2, 0) is 14.8 Å². The lowest BCUT2D eigenvalue weighted by molar-refractivity contribution is -0.116. The van der Waals surface area contributed by atoms with Gasteiger partial charge in [0.05, 0.1) is 27.7 Å². The lowest BCUT2D eigenvalue weighted by Crippen LogP contribution is -2.35. The lowest BCUT2D eigenvalue weighted by atomic mass is 10.2. The number of aromatic nitrogens is 1. The van der Waals surface area contributed by atoms with Gasteiger partial charge >= 0.3 is 0 Å². The molecule has 0 saturated carbocycles. The largest absolute Gasteiger partial charge is 0.301 e. The standard InChI is InChI=1S/C19H14Cl2N4O3S2/c1-25(30(27,28)17-5-3-2-4-12(17)9-22)10-18(26)24-19-23-16(11-29-19)14-8-13(20)6-7-15(14)21/h2-8,11H,10H2,1H3,(H,23,24,26). The fourth-order valence-corrected chi connectivity index (χ4v) is 4.92. The Morgan fingerprint density at radius 2 is 2.00 bits per heavy atom. The number of hydrogen-bond donors (Lipinski definition) is 1. The zero-order valence-electron chi connectivity index (χ0n) is 15.5. The van der Waals surface area contributed by atoms with Crippen molar-refractivity contribution in [1.82, 2.24) is 9.29 Å². The number of rotatable bonds is 6. The van der Waals surface area contributed by atoms with Gasteiger partial charge in [0, 0.05) is 23.0 Å². The number of benzene rings is 2. The monoisotopic (exact) mass is 480 g/mol. The van der Waals surface area contributed by atoms with Gasteiger partial charge in [-0.2, -0.15) is 9.57 Å². The molecule has 3 rings (SSSR count). The number of carbonyl (C=O) groups excluding carboxylic acids is 1. The second-order valence-corrected chi connectivity index (χ2v) is 9.79. The summed E-state index contributed by atoms with van der Waals surface area (Å²) in [5.41, 5.74) is 1.16. The molecule has 1 aromatic heterocycles. The fraction of sp³-hybridized carbons (Fsp3) is 0.105. The van der Waals surface area contributed by atoms with Gasteiger partial charge in [-0.15, -0.1) is 11.3 Å². The van der Waals surface area contributed by atoms with Crippen LogP contribution in [0.25, 0.3) is 11.3 Å². The van der Waals surface area contributed by atoms with Gasteiger partial charge in [0.1, 0.15) is 6.07 Å². The van der Waals surface area contributed by atoms with E-state index in [1.54, 1.807) is 29.6 Å². The Kier molecular flexibility index (Phi) is 6.75. The van der Waals surface area contributed by atoms with Crippen LogP contribution in [0.2, 0.25) is 10.0 Å². The van der Waals surface area contributed by atoms with Gasteiger partial charge in [-0.1, -0.05) is 35.3 Å². The molecule has 0 aliphatic rings. The summed E-state index contributed by atoms with van der Waals surface area (Å²) in [4.78, 5) is 16.5. The quantitative estimate of drug-likeness (QED) is 0.567. The molecular weight excluding hydrogens is 467 g/mol. The Morgan fingerprint density at radius 3 is 2.73 bits per heavy atom. The maximum absolute atomic E-state index is 12.7. The van der Waals surface area contributed by atoms with E-state index >= 15 is 0 Å². The van der Waals surface area contributed by atoms with Crippen molar-refractivity contribution in [1.29, 1.82) is 5.26 Å². The van der Waals surface area contributed by atoms with Gasteiger partial charge in [-0.05, 0) is 30.3 Å². The molecule has 0 unspecified atom stereocenters. The van der Waals surface area contributed by atoms with Crippen molar-refractivity contribution in [2.24, 2.45) is 0 Å². The Balaban J connectivity index is 1.72. The molecule has 154 valence electrons. The van der Waals surface area contributed by atoms with Crippen molar-refractivity contribution in [3.63, 3.8) is 0 Å². The van der Waals surface area contributed by atoms with E-state index in [-0.39, 0.29) is 15.6 Å². The van der Waals surface area contributed by atoms with Crippen molar-refractivity contribution in [3.8, 4) is 17.3 Å². The second kappa shape index (κ2) is 9.12. The molecule has 0 aliphatic heterocycles. The third kappa shape index (κ3) is 4.80. The normalized spacial score (nSPS) is 11.3. The van der Waals surface area contributed by atoms with Crippen LogP contribution >= 0.6 is 34.5 Å². The minimum Gasteiger partial charge on any atom is -0.301 e. The molecule has 1 amide bonds. The van der Waals surface area contributed by atoms with Gasteiger partial charge in [0.15, 0.2) is 5.13 Å². The van der Waals surface area contributed by atoms with Crippen molar-refractivity contribution >= 4 is 55.6 Å². The van der Waals surface area contributed by atoms with E-state index in [0.29, 0.717) is 21.3 Å². The molecule has 0 atom stereocenters. The number of sulfonamides is 1. The number of amides is 1. The average molecular weight is 481 g/mol. The predicted molar refractivity (Wildman–Crippen MR) is 117 cm³/mol. The number of thiazole rings is 1. The smallest absolute Gasteiger partial charge is 0.244 e. The highest BCUT2D eigenvalue weighted by Crippen LogP contribution is 2.32. The maximum atomic E-state index is 12.7. The summed E-state index contributed by atoms with van der Waals surface area (Å²) in [7, 11) is -2.75. The number of anilines is 1. The third-order valence-corrected chi connectivity index (χ3v) is 7.20. The number of nitriles is 1. The minimum atomic E-state index is -4.02. The van der Waals surface area contributed by atoms with Crippen LogP contribution in [0, 0.1) is 11.3 Å². The minimum absolute atomic E-state index is 0.00715. The zero-order valence-corrected chi connectivity index (χ0v) is 18.6. The van der Waals surface area contributed by atoms with E-state index in [4.69, 9.17) is 28.5 Å². The summed E-state index contributed by atoms with van der Waals surface area (Å²) in [5, 5.41) is 14.7. The van der Waals surface area contributed by atoms with Crippen LogP contribution in [0.1, 0.15) is 5.56 Å². The van der Waals surface area contributed by atoms with Crippen molar-refractivity contribution in [2.45, 2.75) is 4.90 Å². The van der Waals surface area contributed by atoms with Gasteiger partial charge in [-0.3, -0.25) is 4.79 Å². The number of nitrogens with one attached hydrogen (secondary N) is 1. The van der Waals surface area contributed by atoms with E-state index in [9.17, 15) is 13.2 Å². The summed E-state index contributed by atoms with van der Waals surface area (Å²) in [6.07, 6.45) is 0. The van der Waals surface area contributed by atoms with Crippen molar-refractivity contribution < 1.29 is 13.2 Å². The Hall–Kier alpha value is -2.48. The first-order valence-corrected chi connectivity index (χ1v) is 11.5. The third-order valence-electron chi connectivity index (χ3n) is 4.02. The summed E-state index contributed by atoms with van der Waals surface area (Å²) in [5.74, 6) is -0.575. The van der Waals surface area contributed by atoms with Crippen molar-refractivity contribution in [3.05, 3.63) is 63.5 Å². The molecular formula is C19H14Cl2N4O3S2. The first-order chi connectivity index (χ1) is 14.2. The molecule has 0 radical (unpaired) electrons. The highest BCUT2D eigenvalue weighted by molar-refractivity contribution is 7.89. The van der Waals surface area contributed by atoms with Crippen LogP contribution in [0.15, 0.2) is 52.7 Å². The average Bonchev–Trinajstić information content (AvgIpc) is 3.17. The van der Waals surface area contributed by atoms with Crippen LogP contribution in [-0.4, -0.2) is 37.2 Å². The van der Waals surface area contributed by atoms with Crippen LogP contribution < -0.4 is 5.32 Å². The summed E-state index contributed by atoms with van der Waals surface area (Å²) >= 11 is 13.3. The number of carbonyl (C=O) groups is 1. The molecule has 1 N–H and O–H groups in total. The van der Waals surface area contributed by atoms with Gasteiger partial charge in [0.2, 0.25) is 15.9 Å². The highest BCUT2D eigenvalue weighted by atomic mass is 35.5. The molecule has 11 heteroatoms. The topological polar surface area (TPSA) is 103 Å². The molecule has 30 heavy (non-hydrogen) atoms. The molecule has 0 bridgehead atoms. The van der Waals surface area contributed by atoms with Crippen LogP contribution in [0.4, 0.5) is 5.13 Å². The van der Waals surface area contributed by atoms with Gasteiger partial charge in [-0.25, -0.2) is 13.4 Å². The second-order valence-electron chi connectivity index (χ2n) is 6.08. The first kappa shape index (κ1) is 22.2. The molecule has 0 fully saturated rings. The fourth-order valence-electron chi connectivity index (χ4n) is 2.55. The van der Waals surface area contributed by atoms with E-state index in [1.165, 1.54) is 36.6 Å². The Morgan fingerprint density at radius 1 is 1.27 bits per heavy atom. The van der Waals surface area contributed by atoms with Crippen molar-refractivity contribution in [2.75, 3.05) is 18.9 Å². The van der Waals surface area contributed by atoms with Crippen LogP contribution in [0.3, 0.4) is 0 Å². The number of nitrogens with zero attached hydrogens (tertiary/aromatic N) is 3. The maximum Gasteiger partial charge on any atom is 0.244 e. The molecule has 7 nitrogen and oxygen atoms in total. The lowest BCUT2D eigenvalue weighted by Gasteiger charge is -2.17. The molecule has 3 aromatic rings. The van der Waals surface area contributed by atoms with E-state index in [1.807, 2.05) is 6.07 Å². The molecule has 0 saturated heterocycles. The van der Waals surface area contributed by atoms with Gasteiger partial charge in [0.25, 0.3) is 0 Å². The molecule has 0 aliphatic carbocycles. The van der Waals surface area contributed by atoms with Crippen LogP contribution in [0.5, 0.6) is 0 Å². The molecule has 2 aromatic carbocycles. The zero-order chi connectivity index (χ0) is 21.9. The number of halogens is 2. The SMILES string of the molecule is CN(CC(=O)Nc1nc(-c2cc(Cl)ccc2Cl)cs1)S(=O)(=O)c1ccccc1C#N. The predicted octanol–water partition coefficient (Wildman–Crippen LogP) is 4.25. The molecule has 0 spiro atoms.